The van der Waals surface area contributed by atoms with Gasteiger partial charge in [0.05, 0.1) is 42.4 Å². The Morgan fingerprint density at radius 2 is 1.85 bits per heavy atom. The Morgan fingerprint density at radius 3 is 2.59 bits per heavy atom. The molecule has 3 aromatic rings. The fourth-order valence-electron chi connectivity index (χ4n) is 5.56. The van der Waals surface area contributed by atoms with Gasteiger partial charge in [-0.05, 0) is 62.8 Å². The summed E-state index contributed by atoms with van der Waals surface area (Å²) >= 11 is 0. The second kappa shape index (κ2) is 15.6. The highest BCUT2D eigenvalue weighted by atomic mass is 32.2. The monoisotopic (exact) mass is 654 g/mol. The van der Waals surface area contributed by atoms with Crippen LogP contribution in [0.2, 0.25) is 0 Å². The first-order valence-corrected chi connectivity index (χ1v) is 17.6. The summed E-state index contributed by atoms with van der Waals surface area (Å²) in [5.41, 5.74) is 1.13. The van der Waals surface area contributed by atoms with E-state index in [1.165, 1.54) is 6.07 Å². The normalized spacial score (nSPS) is 20.6. The van der Waals surface area contributed by atoms with Crippen molar-refractivity contribution in [2.45, 2.75) is 58.3 Å². The van der Waals surface area contributed by atoms with E-state index in [9.17, 15) is 23.1 Å². The molecule has 11 nitrogen and oxygen atoms in total. The molecule has 0 bridgehead atoms. The minimum absolute atomic E-state index is 0.189. The molecule has 0 radical (unpaired) electrons. The van der Waals surface area contributed by atoms with Crippen molar-refractivity contribution in [2.24, 2.45) is 5.92 Å². The number of ether oxygens (including phenoxy) is 2. The van der Waals surface area contributed by atoms with Gasteiger partial charge in [0.15, 0.2) is 0 Å². The number of carbonyl (C=O) groups excluding carboxylic acids is 2. The van der Waals surface area contributed by atoms with Crippen LogP contribution in [0.3, 0.4) is 0 Å². The Balaban J connectivity index is 1.60. The van der Waals surface area contributed by atoms with Gasteiger partial charge in [-0.2, -0.15) is 0 Å². The summed E-state index contributed by atoms with van der Waals surface area (Å²) in [7, 11) is -1.88. The van der Waals surface area contributed by atoms with Crippen molar-refractivity contribution in [1.29, 1.82) is 0 Å². The average molecular weight is 655 g/mol. The Kier molecular flexibility index (Phi) is 11.9. The molecule has 1 aliphatic heterocycles. The maximum absolute atomic E-state index is 14.2. The molecule has 1 heterocycles. The molecule has 12 heteroatoms. The van der Waals surface area contributed by atoms with Crippen molar-refractivity contribution in [3.63, 3.8) is 0 Å². The molecular weight excluding hydrogens is 608 g/mol. The summed E-state index contributed by atoms with van der Waals surface area (Å²) in [5.74, 6) is -0.311. The number of rotatable bonds is 7. The predicted octanol–water partition coefficient (Wildman–Crippen LogP) is 5.17. The first kappa shape index (κ1) is 35.0. The molecule has 0 aliphatic carbocycles. The summed E-state index contributed by atoms with van der Waals surface area (Å²) in [4.78, 5) is 30.7. The third kappa shape index (κ3) is 9.34. The molecule has 1 aliphatic rings. The lowest BCUT2D eigenvalue weighted by atomic mass is 10.0. The third-order valence-corrected chi connectivity index (χ3v) is 8.79. The molecule has 0 saturated carbocycles. The molecule has 3 N–H and O–H groups in total. The number of urea groups is 1. The van der Waals surface area contributed by atoms with E-state index in [0.717, 1.165) is 29.9 Å². The zero-order valence-corrected chi connectivity index (χ0v) is 28.0. The lowest BCUT2D eigenvalue weighted by molar-refractivity contribution is -0.0115. The number of hydrogen-bond donors (Lipinski definition) is 3. The van der Waals surface area contributed by atoms with Crippen LogP contribution in [0.15, 0.2) is 60.7 Å². The topological polar surface area (TPSA) is 138 Å². The standard InChI is InChI=1S/C34H46N4O7S/c1-23-20-38(24(2)22-39)33(40)29-19-27(36-46(5,42)43)16-17-31(29)45-25(3)11-8-9-18-44-32(23)21-37(4)34(41)35-30-15-10-13-26-12-6-7-14-28(26)30/h6-7,10,12-17,19,23-25,32,36,39H,8-9,11,18,20-22H2,1-5H3,(H,35,41)/t23-,24+,25-,32+/m1/s1. The molecule has 0 unspecified atom stereocenters. The van der Waals surface area contributed by atoms with Gasteiger partial charge in [-0.15, -0.1) is 0 Å². The average Bonchev–Trinajstić information content (AvgIpc) is 3.01. The number of aliphatic hydroxyl groups is 1. The second-order valence-electron chi connectivity index (χ2n) is 12.2. The van der Waals surface area contributed by atoms with Crippen molar-refractivity contribution in [2.75, 3.05) is 49.6 Å². The highest BCUT2D eigenvalue weighted by Gasteiger charge is 2.31. The minimum atomic E-state index is -3.59. The summed E-state index contributed by atoms with van der Waals surface area (Å²) in [6.45, 7) is 6.29. The maximum Gasteiger partial charge on any atom is 0.321 e. The van der Waals surface area contributed by atoms with Crippen molar-refractivity contribution < 1.29 is 32.6 Å². The Hall–Kier alpha value is -3.87. The number of hydrogen-bond acceptors (Lipinski definition) is 7. The molecule has 4 rings (SSSR count). The molecular formula is C34H46N4O7S. The van der Waals surface area contributed by atoms with Crippen LogP contribution in [-0.2, 0) is 14.8 Å². The van der Waals surface area contributed by atoms with Gasteiger partial charge < -0.3 is 29.7 Å². The van der Waals surface area contributed by atoms with Gasteiger partial charge >= 0.3 is 6.03 Å². The van der Waals surface area contributed by atoms with Gasteiger partial charge in [-0.1, -0.05) is 43.3 Å². The molecule has 3 aromatic carbocycles. The molecule has 0 saturated heterocycles. The van der Waals surface area contributed by atoms with E-state index in [1.807, 2.05) is 56.3 Å². The first-order chi connectivity index (χ1) is 21.9. The van der Waals surface area contributed by atoms with E-state index in [2.05, 4.69) is 10.0 Å². The molecule has 0 fully saturated rings. The van der Waals surface area contributed by atoms with Crippen LogP contribution in [0, 0.1) is 5.92 Å². The largest absolute Gasteiger partial charge is 0.490 e. The fourth-order valence-corrected chi connectivity index (χ4v) is 6.12. The van der Waals surface area contributed by atoms with Crippen molar-refractivity contribution in [3.8, 4) is 5.75 Å². The number of aliphatic hydroxyl groups excluding tert-OH is 1. The molecule has 250 valence electrons. The lowest BCUT2D eigenvalue weighted by Crippen LogP contribution is -2.48. The third-order valence-electron chi connectivity index (χ3n) is 8.19. The smallest absolute Gasteiger partial charge is 0.321 e. The molecule has 0 spiro atoms. The van der Waals surface area contributed by atoms with Crippen LogP contribution >= 0.6 is 0 Å². The number of anilines is 2. The molecule has 3 amide bonds. The fraction of sp³-hybridized carbons (Fsp3) is 0.471. The highest BCUT2D eigenvalue weighted by Crippen LogP contribution is 2.29. The van der Waals surface area contributed by atoms with Crippen LogP contribution < -0.4 is 14.8 Å². The lowest BCUT2D eigenvalue weighted by Gasteiger charge is -2.35. The zero-order chi connectivity index (χ0) is 33.4. The first-order valence-electron chi connectivity index (χ1n) is 15.7. The molecule has 4 atom stereocenters. The van der Waals surface area contributed by atoms with Gasteiger partial charge in [0, 0.05) is 43.7 Å². The van der Waals surface area contributed by atoms with Crippen LogP contribution in [0.5, 0.6) is 5.75 Å². The number of carbonyl (C=O) groups is 2. The van der Waals surface area contributed by atoms with Crippen LogP contribution in [0.4, 0.5) is 16.2 Å². The molecule has 46 heavy (non-hydrogen) atoms. The highest BCUT2D eigenvalue weighted by molar-refractivity contribution is 7.92. The summed E-state index contributed by atoms with van der Waals surface area (Å²) in [6, 6.07) is 17.4. The van der Waals surface area contributed by atoms with E-state index in [1.54, 1.807) is 35.9 Å². The summed E-state index contributed by atoms with van der Waals surface area (Å²) in [6.07, 6.45) is 2.72. The Labute approximate surface area is 271 Å². The van der Waals surface area contributed by atoms with E-state index in [-0.39, 0.29) is 49.0 Å². The number of fused-ring (bicyclic) bond motifs is 2. The quantitative estimate of drug-likeness (QED) is 0.320. The number of sulfonamides is 1. The van der Waals surface area contributed by atoms with Gasteiger partial charge in [0.1, 0.15) is 5.75 Å². The second-order valence-corrected chi connectivity index (χ2v) is 14.0. The van der Waals surface area contributed by atoms with Gasteiger partial charge in [-0.3, -0.25) is 9.52 Å². The number of benzene rings is 3. The van der Waals surface area contributed by atoms with Gasteiger partial charge in [-0.25, -0.2) is 13.2 Å². The maximum atomic E-state index is 14.2. The number of likely N-dealkylation sites (N-methyl/N-ethyl adjacent to an activating group) is 1. The van der Waals surface area contributed by atoms with Crippen molar-refractivity contribution >= 4 is 44.1 Å². The van der Waals surface area contributed by atoms with Crippen LogP contribution in [0.1, 0.15) is 50.4 Å². The SMILES string of the molecule is C[C@@H]1CCCCO[C@@H](CN(C)C(=O)Nc2cccc3ccccc23)[C@H](C)CN([C@@H](C)CO)C(=O)c2cc(NS(C)(=O)=O)ccc2O1. The van der Waals surface area contributed by atoms with Gasteiger partial charge in [0.25, 0.3) is 5.91 Å². The zero-order valence-electron chi connectivity index (χ0n) is 27.2. The van der Waals surface area contributed by atoms with E-state index < -0.39 is 28.1 Å². The minimum Gasteiger partial charge on any atom is -0.490 e. The Morgan fingerprint density at radius 1 is 1.11 bits per heavy atom. The number of nitrogens with zero attached hydrogens (tertiary/aromatic N) is 2. The number of nitrogens with one attached hydrogen (secondary N) is 2. The van der Waals surface area contributed by atoms with E-state index >= 15 is 0 Å². The van der Waals surface area contributed by atoms with Crippen molar-refractivity contribution in [3.05, 3.63) is 66.2 Å². The van der Waals surface area contributed by atoms with Gasteiger partial charge in [0.2, 0.25) is 10.0 Å². The van der Waals surface area contributed by atoms with E-state index in [0.29, 0.717) is 24.5 Å². The van der Waals surface area contributed by atoms with Crippen LogP contribution in [0.25, 0.3) is 10.8 Å². The Bertz CT molecular complexity index is 1610. The van der Waals surface area contributed by atoms with Crippen molar-refractivity contribution in [1.82, 2.24) is 9.80 Å². The van der Waals surface area contributed by atoms with E-state index in [4.69, 9.17) is 9.47 Å². The van der Waals surface area contributed by atoms with Crippen LogP contribution in [-0.4, -0.2) is 93.1 Å². The summed E-state index contributed by atoms with van der Waals surface area (Å²) < 4.78 is 38.9. The summed E-state index contributed by atoms with van der Waals surface area (Å²) in [5, 5.41) is 15.1. The predicted molar refractivity (Wildman–Crippen MR) is 181 cm³/mol. The number of amides is 3. The molecule has 0 aromatic heterocycles.